The van der Waals surface area contributed by atoms with Crippen molar-refractivity contribution in [2.75, 3.05) is 32.9 Å². The van der Waals surface area contributed by atoms with E-state index in [1.807, 2.05) is 11.8 Å². The van der Waals surface area contributed by atoms with E-state index in [0.29, 0.717) is 24.7 Å². The van der Waals surface area contributed by atoms with E-state index < -0.39 is 0 Å². The minimum Gasteiger partial charge on any atom is -0.381 e. The Morgan fingerprint density at radius 3 is 3.00 bits per heavy atom. The van der Waals surface area contributed by atoms with Gasteiger partial charge in [-0.05, 0) is 44.4 Å². The number of hydrogen-bond donors (Lipinski definition) is 1. The predicted molar refractivity (Wildman–Crippen MR) is 84.2 cm³/mol. The summed E-state index contributed by atoms with van der Waals surface area (Å²) in [6.07, 6.45) is 6.36. The zero-order chi connectivity index (χ0) is 15.9. The molecular weight excluding hydrogens is 294 g/mol. The summed E-state index contributed by atoms with van der Waals surface area (Å²) >= 11 is 0. The molecule has 1 aromatic rings. The molecule has 2 saturated heterocycles. The van der Waals surface area contributed by atoms with Crippen molar-refractivity contribution in [2.24, 2.45) is 11.8 Å². The van der Waals surface area contributed by atoms with Crippen LogP contribution in [0.25, 0.3) is 0 Å². The molecule has 1 aliphatic carbocycles. The van der Waals surface area contributed by atoms with Crippen molar-refractivity contribution in [2.45, 2.75) is 38.2 Å². The molecule has 6 heteroatoms. The molecule has 1 spiro atoms. The van der Waals surface area contributed by atoms with Gasteiger partial charge in [-0.25, -0.2) is 4.98 Å². The lowest BCUT2D eigenvalue weighted by Gasteiger charge is -2.50. The molecular formula is C17H25N3O3. The van der Waals surface area contributed by atoms with E-state index in [1.165, 1.54) is 12.8 Å². The Kier molecular flexibility index (Phi) is 3.89. The van der Waals surface area contributed by atoms with Gasteiger partial charge in [-0.1, -0.05) is 0 Å². The number of likely N-dealkylation sites (tertiary alicyclic amines) is 1. The molecule has 1 atom stereocenters. The molecule has 2 aliphatic heterocycles. The molecule has 0 bridgehead atoms. The predicted octanol–water partition coefficient (Wildman–Crippen LogP) is 1.77. The number of rotatable bonds is 6. The maximum atomic E-state index is 12.5. The summed E-state index contributed by atoms with van der Waals surface area (Å²) in [5.41, 5.74) is 1.22. The van der Waals surface area contributed by atoms with E-state index in [1.54, 1.807) is 6.33 Å². The second-order valence-electron chi connectivity index (χ2n) is 7.24. The number of nitrogens with zero attached hydrogens (tertiary/aromatic N) is 2. The third-order valence-corrected chi connectivity index (χ3v) is 5.50. The first-order valence-corrected chi connectivity index (χ1v) is 8.69. The Bertz CT molecular complexity index is 575. The van der Waals surface area contributed by atoms with Crippen LogP contribution in [0.15, 0.2) is 6.33 Å². The number of carbonyl (C=O) groups excluding carboxylic acids is 1. The first kappa shape index (κ1) is 15.1. The average molecular weight is 319 g/mol. The van der Waals surface area contributed by atoms with Crippen molar-refractivity contribution in [1.82, 2.24) is 14.9 Å². The lowest BCUT2D eigenvalue weighted by molar-refractivity contribution is -0.120. The zero-order valence-electron chi connectivity index (χ0n) is 13.7. The SMILES string of the molecule is Cc1[nH]cnc1C(=O)N1CC2(C1)OCCC2CCOCC1CC1. The highest BCUT2D eigenvalue weighted by atomic mass is 16.5. The second kappa shape index (κ2) is 5.91. The quantitative estimate of drug-likeness (QED) is 0.812. The van der Waals surface area contributed by atoms with Crippen LogP contribution in [0.5, 0.6) is 0 Å². The lowest BCUT2D eigenvalue weighted by Crippen LogP contribution is -2.66. The molecule has 1 saturated carbocycles. The third kappa shape index (κ3) is 2.90. The van der Waals surface area contributed by atoms with Crippen LogP contribution >= 0.6 is 0 Å². The van der Waals surface area contributed by atoms with Crippen molar-refractivity contribution in [3.05, 3.63) is 17.7 Å². The lowest BCUT2D eigenvalue weighted by atomic mass is 9.79. The Morgan fingerprint density at radius 2 is 2.30 bits per heavy atom. The topological polar surface area (TPSA) is 67.5 Å². The van der Waals surface area contributed by atoms with Crippen LogP contribution in [0.4, 0.5) is 0 Å². The van der Waals surface area contributed by atoms with E-state index in [2.05, 4.69) is 9.97 Å². The Labute approximate surface area is 136 Å². The Balaban J connectivity index is 1.29. The van der Waals surface area contributed by atoms with Crippen LogP contribution in [-0.2, 0) is 9.47 Å². The molecule has 0 aromatic carbocycles. The smallest absolute Gasteiger partial charge is 0.274 e. The Morgan fingerprint density at radius 1 is 1.48 bits per heavy atom. The van der Waals surface area contributed by atoms with Crippen LogP contribution in [0.2, 0.25) is 0 Å². The van der Waals surface area contributed by atoms with Crippen LogP contribution < -0.4 is 0 Å². The third-order valence-electron chi connectivity index (χ3n) is 5.50. The first-order chi connectivity index (χ1) is 11.2. The highest BCUT2D eigenvalue weighted by Crippen LogP contribution is 2.42. The standard InChI is InChI=1S/C17H25N3O3/c1-12-15(19-11-18-12)16(21)20-9-17(10-20)14(5-7-23-17)4-6-22-8-13-2-3-13/h11,13-14H,2-10H2,1H3,(H,18,19). The number of amides is 1. The van der Waals surface area contributed by atoms with E-state index >= 15 is 0 Å². The van der Waals surface area contributed by atoms with Gasteiger partial charge in [-0.2, -0.15) is 0 Å². The van der Waals surface area contributed by atoms with Crippen molar-refractivity contribution in [3.63, 3.8) is 0 Å². The van der Waals surface area contributed by atoms with Gasteiger partial charge >= 0.3 is 0 Å². The number of aryl methyl sites for hydroxylation is 1. The van der Waals surface area contributed by atoms with Crippen LogP contribution in [-0.4, -0.2) is 59.3 Å². The van der Waals surface area contributed by atoms with Crippen molar-refractivity contribution in [1.29, 1.82) is 0 Å². The van der Waals surface area contributed by atoms with Gasteiger partial charge in [0.2, 0.25) is 0 Å². The number of imidazole rings is 1. The number of aromatic nitrogens is 2. The normalized spacial score (nSPS) is 25.8. The monoisotopic (exact) mass is 319 g/mol. The number of aromatic amines is 1. The summed E-state index contributed by atoms with van der Waals surface area (Å²) in [5.74, 6) is 1.33. The van der Waals surface area contributed by atoms with Gasteiger partial charge in [0.15, 0.2) is 0 Å². The summed E-state index contributed by atoms with van der Waals surface area (Å²) in [6.45, 7) is 5.79. The van der Waals surface area contributed by atoms with Gasteiger partial charge in [0.25, 0.3) is 5.91 Å². The molecule has 4 rings (SSSR count). The molecule has 1 amide bonds. The summed E-state index contributed by atoms with van der Waals surface area (Å²) in [5, 5.41) is 0. The summed E-state index contributed by atoms with van der Waals surface area (Å²) in [7, 11) is 0. The summed E-state index contributed by atoms with van der Waals surface area (Å²) < 4.78 is 11.8. The maximum Gasteiger partial charge on any atom is 0.274 e. The van der Waals surface area contributed by atoms with Crippen LogP contribution in [0.1, 0.15) is 41.9 Å². The first-order valence-electron chi connectivity index (χ1n) is 8.69. The number of H-pyrrole nitrogens is 1. The molecule has 3 aliphatic rings. The van der Waals surface area contributed by atoms with Crippen molar-refractivity contribution < 1.29 is 14.3 Å². The number of nitrogens with one attached hydrogen (secondary N) is 1. The average Bonchev–Trinajstić information content (AvgIpc) is 3.07. The number of hydrogen-bond acceptors (Lipinski definition) is 4. The summed E-state index contributed by atoms with van der Waals surface area (Å²) in [4.78, 5) is 21.4. The zero-order valence-corrected chi connectivity index (χ0v) is 13.7. The fraction of sp³-hybridized carbons (Fsp3) is 0.765. The maximum absolute atomic E-state index is 12.5. The molecule has 3 heterocycles. The molecule has 1 aromatic heterocycles. The van der Waals surface area contributed by atoms with E-state index in [9.17, 15) is 4.79 Å². The highest BCUT2D eigenvalue weighted by Gasteiger charge is 2.54. The molecule has 3 fully saturated rings. The minimum absolute atomic E-state index is 0.00797. The van der Waals surface area contributed by atoms with E-state index in [-0.39, 0.29) is 11.5 Å². The van der Waals surface area contributed by atoms with Crippen LogP contribution in [0.3, 0.4) is 0 Å². The fourth-order valence-electron chi connectivity index (χ4n) is 3.77. The van der Waals surface area contributed by atoms with E-state index in [0.717, 1.165) is 44.3 Å². The van der Waals surface area contributed by atoms with Gasteiger partial charge in [0, 0.05) is 25.5 Å². The van der Waals surface area contributed by atoms with Crippen LogP contribution in [0, 0.1) is 18.8 Å². The molecule has 1 unspecified atom stereocenters. The largest absolute Gasteiger partial charge is 0.381 e. The molecule has 1 N–H and O–H groups in total. The minimum atomic E-state index is -0.136. The molecule has 23 heavy (non-hydrogen) atoms. The van der Waals surface area contributed by atoms with Gasteiger partial charge in [0.1, 0.15) is 11.3 Å². The molecule has 6 nitrogen and oxygen atoms in total. The van der Waals surface area contributed by atoms with Crippen molar-refractivity contribution in [3.8, 4) is 0 Å². The van der Waals surface area contributed by atoms with Crippen molar-refractivity contribution >= 4 is 5.91 Å². The highest BCUT2D eigenvalue weighted by molar-refractivity contribution is 5.94. The van der Waals surface area contributed by atoms with Gasteiger partial charge in [-0.3, -0.25) is 4.79 Å². The molecule has 0 radical (unpaired) electrons. The van der Waals surface area contributed by atoms with Gasteiger partial charge in [-0.15, -0.1) is 0 Å². The Hall–Kier alpha value is -1.40. The van der Waals surface area contributed by atoms with Gasteiger partial charge < -0.3 is 19.4 Å². The fourth-order valence-corrected chi connectivity index (χ4v) is 3.77. The molecule has 126 valence electrons. The van der Waals surface area contributed by atoms with E-state index in [4.69, 9.17) is 9.47 Å². The second-order valence-corrected chi connectivity index (χ2v) is 7.24. The number of carbonyl (C=O) groups is 1. The summed E-state index contributed by atoms with van der Waals surface area (Å²) in [6, 6.07) is 0. The van der Waals surface area contributed by atoms with Gasteiger partial charge in [0.05, 0.1) is 19.4 Å². The number of ether oxygens (including phenoxy) is 2.